The average Bonchev–Trinajstić information content (AvgIpc) is 2.24. The second-order valence-corrected chi connectivity index (χ2v) is 4.50. The molecule has 1 aromatic rings. The lowest BCUT2D eigenvalue weighted by Gasteiger charge is -2.35. The van der Waals surface area contributed by atoms with Crippen LogP contribution >= 0.6 is 0 Å². The fourth-order valence-corrected chi connectivity index (χ4v) is 2.08. The molecule has 2 unspecified atom stereocenters. The van der Waals surface area contributed by atoms with Crippen LogP contribution in [0.5, 0.6) is 0 Å². The van der Waals surface area contributed by atoms with Crippen LogP contribution in [0, 0.1) is 0 Å². The quantitative estimate of drug-likeness (QED) is 0.778. The summed E-state index contributed by atoms with van der Waals surface area (Å²) in [4.78, 5) is 10.4. The van der Waals surface area contributed by atoms with E-state index in [4.69, 9.17) is 5.73 Å². The van der Waals surface area contributed by atoms with Crippen molar-refractivity contribution in [3.05, 3.63) is 12.3 Å². The van der Waals surface area contributed by atoms with E-state index in [0.717, 1.165) is 25.2 Å². The zero-order valence-electron chi connectivity index (χ0n) is 9.85. The monoisotopic (exact) mass is 221 g/mol. The van der Waals surface area contributed by atoms with Gasteiger partial charge in [0.15, 0.2) is 0 Å². The van der Waals surface area contributed by atoms with E-state index >= 15 is 0 Å². The highest BCUT2D eigenvalue weighted by Gasteiger charge is 2.22. The van der Waals surface area contributed by atoms with Crippen LogP contribution in [0.1, 0.15) is 19.8 Å². The van der Waals surface area contributed by atoms with Crippen molar-refractivity contribution in [2.24, 2.45) is 0 Å². The van der Waals surface area contributed by atoms with Gasteiger partial charge in [-0.1, -0.05) is 0 Å². The predicted molar refractivity (Wildman–Crippen MR) is 65.2 cm³/mol. The first-order valence-electron chi connectivity index (χ1n) is 5.70. The highest BCUT2D eigenvalue weighted by molar-refractivity contribution is 5.38. The molecule has 2 rings (SSSR count). The summed E-state index contributed by atoms with van der Waals surface area (Å²) >= 11 is 0. The number of nitrogens with zero attached hydrogens (tertiary/aromatic N) is 3. The van der Waals surface area contributed by atoms with Crippen molar-refractivity contribution in [3.8, 4) is 0 Å². The highest BCUT2D eigenvalue weighted by atomic mass is 15.2. The Balaban J connectivity index is 1.95. The molecular formula is C11H19N5. The van der Waals surface area contributed by atoms with Crippen LogP contribution in [-0.2, 0) is 0 Å². The van der Waals surface area contributed by atoms with E-state index in [0.29, 0.717) is 18.0 Å². The fraction of sp³-hybridized carbons (Fsp3) is 0.636. The molecule has 3 N–H and O–H groups in total. The van der Waals surface area contributed by atoms with E-state index in [1.165, 1.54) is 0 Å². The number of nitrogens with one attached hydrogen (secondary N) is 1. The van der Waals surface area contributed by atoms with E-state index in [9.17, 15) is 0 Å². The summed E-state index contributed by atoms with van der Waals surface area (Å²) < 4.78 is 0. The molecular weight excluding hydrogens is 202 g/mol. The first-order valence-corrected chi connectivity index (χ1v) is 5.70. The van der Waals surface area contributed by atoms with Crippen LogP contribution in [0.25, 0.3) is 0 Å². The Hall–Kier alpha value is -1.36. The minimum atomic E-state index is 0.325. The van der Waals surface area contributed by atoms with Crippen molar-refractivity contribution in [1.82, 2.24) is 14.9 Å². The number of anilines is 2. The minimum Gasteiger partial charge on any atom is -0.368 e. The topological polar surface area (TPSA) is 67.1 Å². The number of piperidine rings is 1. The van der Waals surface area contributed by atoms with Gasteiger partial charge in [0.05, 0.1) is 0 Å². The maximum absolute atomic E-state index is 5.54. The summed E-state index contributed by atoms with van der Waals surface area (Å²) in [6, 6.07) is 2.96. The van der Waals surface area contributed by atoms with Gasteiger partial charge >= 0.3 is 0 Å². The Morgan fingerprint density at radius 2 is 2.38 bits per heavy atom. The molecule has 0 spiro atoms. The predicted octanol–water partition coefficient (Wildman–Crippen LogP) is 0.953. The Morgan fingerprint density at radius 3 is 3.06 bits per heavy atom. The Labute approximate surface area is 96.1 Å². The fourth-order valence-electron chi connectivity index (χ4n) is 2.08. The van der Waals surface area contributed by atoms with E-state index in [2.05, 4.69) is 34.2 Å². The van der Waals surface area contributed by atoms with Gasteiger partial charge in [-0.25, -0.2) is 4.98 Å². The van der Waals surface area contributed by atoms with Crippen LogP contribution < -0.4 is 11.1 Å². The Kier molecular flexibility index (Phi) is 3.24. The molecule has 0 radical (unpaired) electrons. The van der Waals surface area contributed by atoms with Gasteiger partial charge in [0.2, 0.25) is 5.95 Å². The van der Waals surface area contributed by atoms with E-state index < -0.39 is 0 Å². The smallest absolute Gasteiger partial charge is 0.221 e. The summed E-state index contributed by atoms with van der Waals surface area (Å²) in [5.41, 5.74) is 5.54. The van der Waals surface area contributed by atoms with Gasteiger partial charge in [-0.15, -0.1) is 0 Å². The molecule has 0 aromatic carbocycles. The van der Waals surface area contributed by atoms with Gasteiger partial charge in [0.25, 0.3) is 0 Å². The van der Waals surface area contributed by atoms with Crippen molar-refractivity contribution in [1.29, 1.82) is 0 Å². The highest BCUT2D eigenvalue weighted by Crippen LogP contribution is 2.18. The number of likely N-dealkylation sites (tertiary alicyclic amines) is 1. The van der Waals surface area contributed by atoms with Gasteiger partial charge in [-0.05, 0) is 32.9 Å². The molecule has 2 atom stereocenters. The maximum Gasteiger partial charge on any atom is 0.221 e. The van der Waals surface area contributed by atoms with Crippen LogP contribution in [0.3, 0.4) is 0 Å². The molecule has 5 nitrogen and oxygen atoms in total. The van der Waals surface area contributed by atoms with E-state index in [-0.39, 0.29) is 0 Å². The molecule has 16 heavy (non-hydrogen) atoms. The molecule has 0 amide bonds. The average molecular weight is 221 g/mol. The molecule has 1 saturated heterocycles. The molecule has 88 valence electrons. The second kappa shape index (κ2) is 4.65. The molecule has 0 saturated carbocycles. The van der Waals surface area contributed by atoms with Crippen molar-refractivity contribution in [2.45, 2.75) is 31.8 Å². The van der Waals surface area contributed by atoms with Crippen LogP contribution in [-0.4, -0.2) is 40.5 Å². The minimum absolute atomic E-state index is 0.325. The first-order chi connectivity index (χ1) is 7.65. The van der Waals surface area contributed by atoms with Crippen molar-refractivity contribution in [2.75, 3.05) is 24.6 Å². The number of hydrogen-bond acceptors (Lipinski definition) is 5. The molecule has 0 aliphatic carbocycles. The van der Waals surface area contributed by atoms with Gasteiger partial charge in [-0.2, -0.15) is 4.98 Å². The number of aromatic nitrogens is 2. The zero-order valence-corrected chi connectivity index (χ0v) is 9.85. The first kappa shape index (κ1) is 11.1. The Bertz CT molecular complexity index is 354. The third-order valence-electron chi connectivity index (χ3n) is 3.23. The van der Waals surface area contributed by atoms with Gasteiger partial charge in [-0.3, -0.25) is 0 Å². The summed E-state index contributed by atoms with van der Waals surface area (Å²) in [5, 5.41) is 3.41. The Morgan fingerprint density at radius 1 is 1.56 bits per heavy atom. The van der Waals surface area contributed by atoms with Crippen LogP contribution in [0.15, 0.2) is 12.3 Å². The summed E-state index contributed by atoms with van der Waals surface area (Å²) in [7, 11) is 2.17. The second-order valence-electron chi connectivity index (χ2n) is 4.50. The van der Waals surface area contributed by atoms with Crippen molar-refractivity contribution in [3.63, 3.8) is 0 Å². The standard InChI is InChI=1S/C11H19N5/c1-8-7-9(4-6-16(8)2)14-10-3-5-13-11(12)15-10/h3,5,8-9H,4,6-7H2,1-2H3,(H3,12,13,14,15). The molecule has 1 aliphatic heterocycles. The van der Waals surface area contributed by atoms with E-state index in [1.807, 2.05) is 6.07 Å². The normalized spacial score (nSPS) is 26.6. The van der Waals surface area contributed by atoms with Crippen molar-refractivity contribution >= 4 is 11.8 Å². The number of hydrogen-bond donors (Lipinski definition) is 2. The lowest BCUT2D eigenvalue weighted by Crippen LogP contribution is -2.42. The third kappa shape index (κ3) is 2.61. The van der Waals surface area contributed by atoms with Crippen LogP contribution in [0.4, 0.5) is 11.8 Å². The molecule has 5 heteroatoms. The number of rotatable bonds is 2. The van der Waals surface area contributed by atoms with Crippen molar-refractivity contribution < 1.29 is 0 Å². The SMILES string of the molecule is CC1CC(Nc2ccnc(N)n2)CCN1C. The lowest BCUT2D eigenvalue weighted by atomic mass is 9.99. The zero-order chi connectivity index (χ0) is 11.5. The third-order valence-corrected chi connectivity index (χ3v) is 3.23. The van der Waals surface area contributed by atoms with Crippen LogP contribution in [0.2, 0.25) is 0 Å². The molecule has 2 heterocycles. The largest absolute Gasteiger partial charge is 0.368 e. The maximum atomic E-state index is 5.54. The van der Waals surface area contributed by atoms with Gasteiger partial charge in [0, 0.05) is 24.8 Å². The molecule has 1 fully saturated rings. The summed E-state index contributed by atoms with van der Waals surface area (Å²) in [6.07, 6.45) is 3.97. The molecule has 0 bridgehead atoms. The van der Waals surface area contributed by atoms with Gasteiger partial charge < -0.3 is 16.0 Å². The van der Waals surface area contributed by atoms with E-state index in [1.54, 1.807) is 6.20 Å². The number of nitrogens with two attached hydrogens (primary N) is 1. The molecule has 1 aromatic heterocycles. The number of nitrogen functional groups attached to an aromatic ring is 1. The molecule has 1 aliphatic rings. The van der Waals surface area contributed by atoms with Gasteiger partial charge in [0.1, 0.15) is 5.82 Å². The summed E-state index contributed by atoms with van der Waals surface area (Å²) in [6.45, 7) is 3.38. The summed E-state index contributed by atoms with van der Waals surface area (Å²) in [5.74, 6) is 1.15. The lowest BCUT2D eigenvalue weighted by molar-refractivity contribution is 0.190.